The summed E-state index contributed by atoms with van der Waals surface area (Å²) in [6.45, 7) is 2.72. The van der Waals surface area contributed by atoms with Crippen molar-refractivity contribution in [2.24, 2.45) is 0 Å². The molecule has 3 heterocycles. The third-order valence-corrected chi connectivity index (χ3v) is 4.64. The number of amides is 1. The van der Waals surface area contributed by atoms with E-state index in [9.17, 15) is 4.79 Å². The lowest BCUT2D eigenvalue weighted by Gasteiger charge is -2.26. The molecule has 0 aliphatic carbocycles. The number of ether oxygens (including phenoxy) is 1. The number of benzene rings is 1. The maximum absolute atomic E-state index is 13.0. The number of rotatable bonds is 4. The first-order chi connectivity index (χ1) is 11.8. The van der Waals surface area contributed by atoms with Crippen molar-refractivity contribution in [1.82, 2.24) is 19.4 Å². The predicted octanol–water partition coefficient (Wildman–Crippen LogP) is 2.21. The molecule has 0 bridgehead atoms. The van der Waals surface area contributed by atoms with Gasteiger partial charge >= 0.3 is 0 Å². The largest absolute Gasteiger partial charge is 0.383 e. The van der Waals surface area contributed by atoms with Crippen LogP contribution in [0.1, 0.15) is 21.7 Å². The standard InChI is InChI=1S/C18H20N4O2/c1-24-10-9-21-7-5-13-14(3-2-4-17(13)21)18(23)22-8-6-15-16(11-22)20-12-19-15/h2-5,7,12H,6,8-11H2,1H3,(H,19,20). The van der Waals surface area contributed by atoms with Crippen molar-refractivity contribution in [1.29, 1.82) is 0 Å². The molecule has 1 aliphatic rings. The molecule has 0 unspecified atom stereocenters. The summed E-state index contributed by atoms with van der Waals surface area (Å²) in [4.78, 5) is 22.3. The van der Waals surface area contributed by atoms with Gasteiger partial charge in [0, 0.05) is 49.3 Å². The van der Waals surface area contributed by atoms with Crippen molar-refractivity contribution in [2.75, 3.05) is 20.3 Å². The molecule has 1 amide bonds. The smallest absolute Gasteiger partial charge is 0.254 e. The Morgan fingerprint density at radius 3 is 3.17 bits per heavy atom. The molecule has 0 saturated carbocycles. The van der Waals surface area contributed by atoms with Gasteiger partial charge in [0.1, 0.15) is 0 Å². The zero-order valence-electron chi connectivity index (χ0n) is 13.7. The van der Waals surface area contributed by atoms with Gasteiger partial charge in [-0.1, -0.05) is 6.07 Å². The van der Waals surface area contributed by atoms with Gasteiger partial charge in [-0.15, -0.1) is 0 Å². The molecule has 3 aromatic rings. The van der Waals surface area contributed by atoms with E-state index in [1.54, 1.807) is 13.4 Å². The quantitative estimate of drug-likeness (QED) is 0.800. The maximum Gasteiger partial charge on any atom is 0.254 e. The lowest BCUT2D eigenvalue weighted by molar-refractivity contribution is 0.0734. The van der Waals surface area contributed by atoms with Crippen LogP contribution >= 0.6 is 0 Å². The minimum Gasteiger partial charge on any atom is -0.383 e. The summed E-state index contributed by atoms with van der Waals surface area (Å²) in [5.74, 6) is 0.0744. The van der Waals surface area contributed by atoms with Gasteiger partial charge in [-0.3, -0.25) is 4.79 Å². The summed E-state index contributed by atoms with van der Waals surface area (Å²) in [6, 6.07) is 7.92. The highest BCUT2D eigenvalue weighted by molar-refractivity contribution is 6.06. The molecule has 0 radical (unpaired) electrons. The lowest BCUT2D eigenvalue weighted by Crippen LogP contribution is -2.36. The number of carbonyl (C=O) groups is 1. The highest BCUT2D eigenvalue weighted by atomic mass is 16.5. The molecular formula is C18H20N4O2. The summed E-state index contributed by atoms with van der Waals surface area (Å²) in [5, 5.41) is 0.994. The zero-order chi connectivity index (χ0) is 16.5. The van der Waals surface area contributed by atoms with Crippen LogP contribution in [0.25, 0.3) is 10.9 Å². The molecule has 124 valence electrons. The van der Waals surface area contributed by atoms with Crippen LogP contribution in [0.15, 0.2) is 36.8 Å². The van der Waals surface area contributed by atoms with Crippen LogP contribution in [-0.4, -0.2) is 45.6 Å². The number of H-pyrrole nitrogens is 1. The van der Waals surface area contributed by atoms with Gasteiger partial charge in [0.05, 0.1) is 30.9 Å². The monoisotopic (exact) mass is 324 g/mol. The molecule has 1 aliphatic heterocycles. The van der Waals surface area contributed by atoms with Gasteiger partial charge in [0.25, 0.3) is 5.91 Å². The third kappa shape index (κ3) is 2.49. The molecule has 0 atom stereocenters. The predicted molar refractivity (Wildman–Crippen MR) is 90.8 cm³/mol. The van der Waals surface area contributed by atoms with E-state index in [0.717, 1.165) is 40.8 Å². The van der Waals surface area contributed by atoms with Crippen molar-refractivity contribution in [3.05, 3.63) is 53.7 Å². The van der Waals surface area contributed by atoms with Gasteiger partial charge in [-0.2, -0.15) is 0 Å². The second-order valence-corrected chi connectivity index (χ2v) is 6.04. The van der Waals surface area contributed by atoms with Gasteiger partial charge in [0.2, 0.25) is 0 Å². The molecule has 1 aromatic carbocycles. The van der Waals surface area contributed by atoms with E-state index in [2.05, 4.69) is 14.5 Å². The molecule has 6 heteroatoms. The Bertz CT molecular complexity index is 880. The highest BCUT2D eigenvalue weighted by Crippen LogP contribution is 2.24. The first-order valence-corrected chi connectivity index (χ1v) is 8.15. The number of fused-ring (bicyclic) bond motifs is 2. The molecule has 0 spiro atoms. The van der Waals surface area contributed by atoms with E-state index in [0.29, 0.717) is 19.7 Å². The molecular weight excluding hydrogens is 304 g/mol. The van der Waals surface area contributed by atoms with Crippen molar-refractivity contribution in [3.8, 4) is 0 Å². The average Bonchev–Trinajstić information content (AvgIpc) is 3.25. The topological polar surface area (TPSA) is 63.1 Å². The van der Waals surface area contributed by atoms with Crippen LogP contribution in [0, 0.1) is 0 Å². The molecule has 4 rings (SSSR count). The van der Waals surface area contributed by atoms with Gasteiger partial charge in [-0.25, -0.2) is 4.98 Å². The van der Waals surface area contributed by atoms with Crippen LogP contribution in [0.4, 0.5) is 0 Å². The van der Waals surface area contributed by atoms with Crippen LogP contribution in [-0.2, 0) is 24.2 Å². The van der Waals surface area contributed by atoms with E-state index >= 15 is 0 Å². The minimum absolute atomic E-state index is 0.0744. The number of methoxy groups -OCH3 is 1. The first kappa shape index (κ1) is 15.0. The molecule has 0 fully saturated rings. The summed E-state index contributed by atoms with van der Waals surface area (Å²) in [5.41, 5.74) is 3.94. The molecule has 1 N–H and O–H groups in total. The third-order valence-electron chi connectivity index (χ3n) is 4.64. The van der Waals surface area contributed by atoms with Crippen LogP contribution < -0.4 is 0 Å². The molecule has 24 heavy (non-hydrogen) atoms. The van der Waals surface area contributed by atoms with E-state index in [-0.39, 0.29) is 5.91 Å². The van der Waals surface area contributed by atoms with Gasteiger partial charge in [-0.05, 0) is 18.2 Å². The fourth-order valence-corrected chi connectivity index (χ4v) is 3.35. The summed E-state index contributed by atoms with van der Waals surface area (Å²) < 4.78 is 7.28. The molecule has 2 aromatic heterocycles. The van der Waals surface area contributed by atoms with E-state index in [4.69, 9.17) is 4.74 Å². The molecule has 0 saturated heterocycles. The molecule has 6 nitrogen and oxygen atoms in total. The lowest BCUT2D eigenvalue weighted by atomic mass is 10.1. The fourth-order valence-electron chi connectivity index (χ4n) is 3.35. The Morgan fingerprint density at radius 2 is 2.29 bits per heavy atom. The normalized spacial score (nSPS) is 14.1. The van der Waals surface area contributed by atoms with Crippen molar-refractivity contribution in [2.45, 2.75) is 19.5 Å². The van der Waals surface area contributed by atoms with Crippen molar-refractivity contribution < 1.29 is 9.53 Å². The summed E-state index contributed by atoms with van der Waals surface area (Å²) >= 11 is 0. The summed E-state index contributed by atoms with van der Waals surface area (Å²) in [6.07, 6.45) is 4.52. The van der Waals surface area contributed by atoms with Gasteiger partial charge in [0.15, 0.2) is 0 Å². The number of imidazole rings is 1. The Kier molecular flexibility index (Phi) is 3.82. The van der Waals surface area contributed by atoms with Crippen LogP contribution in [0.2, 0.25) is 0 Å². The average molecular weight is 324 g/mol. The second-order valence-electron chi connectivity index (χ2n) is 6.04. The van der Waals surface area contributed by atoms with E-state index in [1.165, 1.54) is 0 Å². The Hall–Kier alpha value is -2.60. The van der Waals surface area contributed by atoms with Crippen molar-refractivity contribution in [3.63, 3.8) is 0 Å². The Balaban J connectivity index is 1.64. The summed E-state index contributed by atoms with van der Waals surface area (Å²) in [7, 11) is 1.70. The van der Waals surface area contributed by atoms with Gasteiger partial charge < -0.3 is 19.2 Å². The van der Waals surface area contributed by atoms with Crippen molar-refractivity contribution >= 4 is 16.8 Å². The van der Waals surface area contributed by atoms with Crippen LogP contribution in [0.5, 0.6) is 0 Å². The Morgan fingerprint density at radius 1 is 1.38 bits per heavy atom. The number of hydrogen-bond acceptors (Lipinski definition) is 3. The number of hydrogen-bond donors (Lipinski definition) is 1. The first-order valence-electron chi connectivity index (χ1n) is 8.15. The maximum atomic E-state index is 13.0. The minimum atomic E-state index is 0.0744. The van der Waals surface area contributed by atoms with Crippen LogP contribution in [0.3, 0.4) is 0 Å². The number of aromatic nitrogens is 3. The zero-order valence-corrected chi connectivity index (χ0v) is 13.7. The second kappa shape index (κ2) is 6.13. The number of nitrogens with one attached hydrogen (secondary N) is 1. The number of nitrogens with zero attached hydrogens (tertiary/aromatic N) is 3. The highest BCUT2D eigenvalue weighted by Gasteiger charge is 2.24. The van der Waals surface area contributed by atoms with E-state index in [1.807, 2.05) is 35.4 Å². The number of aromatic amines is 1. The SMILES string of the molecule is COCCn1ccc2c(C(=O)N3CCc4nc[nH]c4C3)cccc21. The Labute approximate surface area is 140 Å². The number of carbonyl (C=O) groups excluding carboxylic acids is 1. The fraction of sp³-hybridized carbons (Fsp3) is 0.333. The van der Waals surface area contributed by atoms with E-state index < -0.39 is 0 Å².